The van der Waals surface area contributed by atoms with Gasteiger partial charge in [-0.3, -0.25) is 14.9 Å². The molecule has 30 heavy (non-hydrogen) atoms. The predicted molar refractivity (Wildman–Crippen MR) is 114 cm³/mol. The number of amides is 2. The van der Waals surface area contributed by atoms with Crippen molar-refractivity contribution in [1.29, 1.82) is 0 Å². The molecule has 0 aliphatic carbocycles. The van der Waals surface area contributed by atoms with Crippen LogP contribution in [-0.4, -0.2) is 46.4 Å². The van der Waals surface area contributed by atoms with Crippen molar-refractivity contribution in [3.63, 3.8) is 0 Å². The monoisotopic (exact) mass is 409 g/mol. The van der Waals surface area contributed by atoms with Crippen LogP contribution in [-0.2, 0) is 22.6 Å². The lowest BCUT2D eigenvalue weighted by Crippen LogP contribution is -2.59. The third kappa shape index (κ3) is 4.29. The number of hydrogen-bond acceptors (Lipinski definition) is 4. The van der Waals surface area contributed by atoms with Crippen molar-refractivity contribution < 1.29 is 14.0 Å². The highest BCUT2D eigenvalue weighted by atomic mass is 16.3. The Morgan fingerprint density at radius 1 is 1.17 bits per heavy atom. The summed E-state index contributed by atoms with van der Waals surface area (Å²) in [4.78, 5) is 29.8. The number of furan rings is 1. The second-order valence-electron chi connectivity index (χ2n) is 8.90. The molecule has 6 nitrogen and oxygen atoms in total. The topological polar surface area (TPSA) is 65.8 Å². The van der Waals surface area contributed by atoms with Crippen LogP contribution in [0.1, 0.15) is 44.4 Å². The van der Waals surface area contributed by atoms with Crippen LogP contribution in [0.25, 0.3) is 0 Å². The van der Waals surface area contributed by atoms with Crippen molar-refractivity contribution in [2.24, 2.45) is 5.92 Å². The van der Waals surface area contributed by atoms with E-state index in [9.17, 15) is 9.59 Å². The van der Waals surface area contributed by atoms with Gasteiger partial charge in [0.05, 0.1) is 24.5 Å². The van der Waals surface area contributed by atoms with Gasteiger partial charge in [0.25, 0.3) is 0 Å². The van der Waals surface area contributed by atoms with Gasteiger partial charge in [0.15, 0.2) is 0 Å². The largest absolute Gasteiger partial charge is 0.467 e. The Morgan fingerprint density at radius 3 is 2.53 bits per heavy atom. The maximum Gasteiger partial charge on any atom is 0.242 e. The lowest BCUT2D eigenvalue weighted by molar-refractivity contribution is -0.138. The average molecular weight is 410 g/mol. The van der Waals surface area contributed by atoms with Crippen LogP contribution in [0, 0.1) is 5.92 Å². The number of hydrogen-bond donors (Lipinski definition) is 1. The van der Waals surface area contributed by atoms with Gasteiger partial charge < -0.3 is 14.2 Å². The number of benzene rings is 1. The van der Waals surface area contributed by atoms with E-state index in [1.54, 1.807) is 6.26 Å². The quantitative estimate of drug-likeness (QED) is 0.796. The third-order valence-corrected chi connectivity index (χ3v) is 6.23. The zero-order chi connectivity index (χ0) is 21.1. The van der Waals surface area contributed by atoms with Crippen LogP contribution in [0.2, 0.25) is 0 Å². The average Bonchev–Trinajstić information content (AvgIpc) is 3.32. The van der Waals surface area contributed by atoms with E-state index in [-0.39, 0.29) is 17.9 Å². The zero-order valence-corrected chi connectivity index (χ0v) is 17.8. The van der Waals surface area contributed by atoms with Gasteiger partial charge in [-0.2, -0.15) is 0 Å². The van der Waals surface area contributed by atoms with E-state index >= 15 is 0 Å². The minimum Gasteiger partial charge on any atom is -0.467 e. The molecule has 1 atom stereocenters. The zero-order valence-electron chi connectivity index (χ0n) is 17.8. The number of nitrogens with one attached hydrogen (secondary N) is 1. The maximum atomic E-state index is 13.4. The number of carbonyl (C=O) groups excluding carboxylic acids is 2. The van der Waals surface area contributed by atoms with Gasteiger partial charge in [0, 0.05) is 32.4 Å². The van der Waals surface area contributed by atoms with Crippen molar-refractivity contribution in [3.8, 4) is 0 Å². The molecule has 1 N–H and O–H groups in total. The van der Waals surface area contributed by atoms with E-state index in [0.717, 1.165) is 24.2 Å². The Bertz CT molecular complexity index is 855. The summed E-state index contributed by atoms with van der Waals surface area (Å²) in [5, 5.41) is 3.66. The standard InChI is InChI=1S/C24H31N3O3/c1-18(2)15-22(28)26-12-10-24(11-13-26)25-21(16-19-7-4-3-5-8-19)23(29)27(24)17-20-9-6-14-30-20/h3-9,14,18,21,25H,10-13,15-17H2,1-2H3/t21-/m0/s1. The van der Waals surface area contributed by atoms with Crippen LogP contribution < -0.4 is 5.32 Å². The Labute approximate surface area is 178 Å². The molecular weight excluding hydrogens is 378 g/mol. The van der Waals surface area contributed by atoms with Crippen molar-refractivity contribution >= 4 is 11.8 Å². The number of piperidine rings is 1. The number of likely N-dealkylation sites (tertiary alicyclic amines) is 1. The van der Waals surface area contributed by atoms with Gasteiger partial charge in [0.1, 0.15) is 5.76 Å². The molecule has 160 valence electrons. The fraction of sp³-hybridized carbons (Fsp3) is 0.500. The SMILES string of the molecule is CC(C)CC(=O)N1CCC2(CC1)N[C@@H](Cc1ccccc1)C(=O)N2Cc1ccco1. The normalized spacial score (nSPS) is 21.0. The minimum atomic E-state index is -0.433. The highest BCUT2D eigenvalue weighted by Crippen LogP contribution is 2.35. The van der Waals surface area contributed by atoms with E-state index < -0.39 is 5.66 Å². The van der Waals surface area contributed by atoms with E-state index in [0.29, 0.717) is 38.4 Å². The first kappa shape index (κ1) is 20.7. The molecule has 2 amide bonds. The summed E-state index contributed by atoms with van der Waals surface area (Å²) in [7, 11) is 0. The molecule has 4 rings (SSSR count). The van der Waals surface area contributed by atoms with Crippen LogP contribution in [0.4, 0.5) is 0 Å². The fourth-order valence-electron chi connectivity index (χ4n) is 4.66. The molecule has 2 aromatic rings. The first-order valence-electron chi connectivity index (χ1n) is 10.9. The van der Waals surface area contributed by atoms with Crippen molar-refractivity contribution in [2.75, 3.05) is 13.1 Å². The second kappa shape index (κ2) is 8.64. The van der Waals surface area contributed by atoms with Crippen LogP contribution >= 0.6 is 0 Å². The molecule has 2 aliphatic heterocycles. The van der Waals surface area contributed by atoms with E-state index in [4.69, 9.17) is 4.42 Å². The van der Waals surface area contributed by atoms with Gasteiger partial charge in [-0.25, -0.2) is 0 Å². The fourth-order valence-corrected chi connectivity index (χ4v) is 4.66. The molecule has 1 aromatic carbocycles. The number of rotatable bonds is 6. The number of carbonyl (C=O) groups is 2. The molecule has 2 fully saturated rings. The van der Waals surface area contributed by atoms with E-state index in [2.05, 4.69) is 31.3 Å². The molecule has 1 aromatic heterocycles. The van der Waals surface area contributed by atoms with Crippen LogP contribution in [0.3, 0.4) is 0 Å². The third-order valence-electron chi connectivity index (χ3n) is 6.23. The van der Waals surface area contributed by atoms with Crippen molar-refractivity contribution in [3.05, 3.63) is 60.1 Å². The first-order valence-corrected chi connectivity index (χ1v) is 10.9. The Kier molecular flexibility index (Phi) is 5.95. The molecule has 3 heterocycles. The summed E-state index contributed by atoms with van der Waals surface area (Å²) in [5.41, 5.74) is 0.709. The predicted octanol–water partition coefficient (Wildman–Crippen LogP) is 3.19. The number of nitrogens with zero attached hydrogens (tertiary/aromatic N) is 2. The van der Waals surface area contributed by atoms with Gasteiger partial charge in [-0.15, -0.1) is 0 Å². The Morgan fingerprint density at radius 2 is 1.90 bits per heavy atom. The van der Waals surface area contributed by atoms with Gasteiger partial charge in [-0.1, -0.05) is 44.2 Å². The van der Waals surface area contributed by atoms with Crippen molar-refractivity contribution in [1.82, 2.24) is 15.1 Å². The molecule has 2 saturated heterocycles. The summed E-state index contributed by atoms with van der Waals surface area (Å²) in [6.07, 6.45) is 4.34. The van der Waals surface area contributed by atoms with Gasteiger partial charge in [-0.05, 0) is 30.0 Å². The molecule has 0 radical (unpaired) electrons. The van der Waals surface area contributed by atoms with Gasteiger partial charge in [0.2, 0.25) is 11.8 Å². The van der Waals surface area contributed by atoms with Crippen LogP contribution in [0.15, 0.2) is 53.1 Å². The highest BCUT2D eigenvalue weighted by Gasteiger charge is 2.51. The molecule has 1 spiro atoms. The minimum absolute atomic E-state index is 0.109. The lowest BCUT2D eigenvalue weighted by Gasteiger charge is -2.44. The molecule has 0 saturated carbocycles. The maximum absolute atomic E-state index is 13.4. The molecule has 2 aliphatic rings. The van der Waals surface area contributed by atoms with Crippen LogP contribution in [0.5, 0.6) is 0 Å². The summed E-state index contributed by atoms with van der Waals surface area (Å²) in [6, 6.07) is 13.6. The summed E-state index contributed by atoms with van der Waals surface area (Å²) in [6.45, 7) is 5.92. The smallest absolute Gasteiger partial charge is 0.242 e. The Hall–Kier alpha value is -2.60. The van der Waals surface area contributed by atoms with E-state index in [1.807, 2.05) is 40.1 Å². The second-order valence-corrected chi connectivity index (χ2v) is 8.90. The molecule has 6 heteroatoms. The lowest BCUT2D eigenvalue weighted by atomic mass is 9.95. The van der Waals surface area contributed by atoms with Crippen molar-refractivity contribution in [2.45, 2.75) is 57.8 Å². The molecule has 0 unspecified atom stereocenters. The highest BCUT2D eigenvalue weighted by molar-refractivity contribution is 5.85. The molecular formula is C24H31N3O3. The first-order chi connectivity index (χ1) is 14.5. The Balaban J connectivity index is 1.52. The van der Waals surface area contributed by atoms with Gasteiger partial charge >= 0.3 is 0 Å². The van der Waals surface area contributed by atoms with E-state index in [1.165, 1.54) is 0 Å². The summed E-state index contributed by atoms with van der Waals surface area (Å²) in [5.74, 6) is 1.45. The molecule has 0 bridgehead atoms. The summed E-state index contributed by atoms with van der Waals surface area (Å²) >= 11 is 0. The summed E-state index contributed by atoms with van der Waals surface area (Å²) < 4.78 is 5.55.